The third kappa shape index (κ3) is 7.76. The maximum absolute atomic E-state index is 12.5. The summed E-state index contributed by atoms with van der Waals surface area (Å²) >= 11 is 0. The zero-order chi connectivity index (χ0) is 23.9. The Kier molecular flexibility index (Phi) is 14.2. The van der Waals surface area contributed by atoms with E-state index in [4.69, 9.17) is 0 Å². The van der Waals surface area contributed by atoms with Crippen molar-refractivity contribution in [3.63, 3.8) is 0 Å². The zero-order valence-electron chi connectivity index (χ0n) is 21.4. The van der Waals surface area contributed by atoms with Crippen molar-refractivity contribution in [2.24, 2.45) is 16.7 Å². The predicted octanol–water partition coefficient (Wildman–Crippen LogP) is 8.62. The minimum Gasteiger partial charge on any atom is -0.481 e. The molecule has 1 saturated carbocycles. The third-order valence-electron chi connectivity index (χ3n) is 8.48. The van der Waals surface area contributed by atoms with Gasteiger partial charge in [0.05, 0.1) is 10.8 Å². The van der Waals surface area contributed by atoms with Gasteiger partial charge >= 0.3 is 11.9 Å². The maximum atomic E-state index is 12.5. The molecule has 0 bridgehead atoms. The molecule has 0 heterocycles. The molecule has 0 aromatic carbocycles. The van der Waals surface area contributed by atoms with Crippen LogP contribution in [0.15, 0.2) is 0 Å². The van der Waals surface area contributed by atoms with Crippen LogP contribution in [0.4, 0.5) is 0 Å². The van der Waals surface area contributed by atoms with Crippen LogP contribution in [0.1, 0.15) is 149 Å². The Morgan fingerprint density at radius 1 is 0.688 bits per heavy atom. The summed E-state index contributed by atoms with van der Waals surface area (Å²) in [7, 11) is 0. The molecule has 0 radical (unpaired) electrons. The first-order chi connectivity index (χ1) is 15.4. The highest BCUT2D eigenvalue weighted by molar-refractivity contribution is 5.87. The van der Waals surface area contributed by atoms with Crippen LogP contribution in [0.3, 0.4) is 0 Å². The van der Waals surface area contributed by atoms with Gasteiger partial charge in [0.15, 0.2) is 0 Å². The summed E-state index contributed by atoms with van der Waals surface area (Å²) in [5, 5.41) is 20.5. The molecular weight excluding hydrogens is 400 g/mol. The molecule has 2 N–H and O–H groups in total. The first kappa shape index (κ1) is 29.0. The van der Waals surface area contributed by atoms with Gasteiger partial charge in [-0.1, -0.05) is 130 Å². The molecule has 0 aromatic rings. The molecule has 4 nitrogen and oxygen atoms in total. The molecular formula is C28H52O4. The molecule has 32 heavy (non-hydrogen) atoms. The van der Waals surface area contributed by atoms with Crippen molar-refractivity contribution < 1.29 is 19.8 Å². The van der Waals surface area contributed by atoms with Crippen molar-refractivity contribution in [3.05, 3.63) is 0 Å². The van der Waals surface area contributed by atoms with E-state index in [0.717, 1.165) is 32.1 Å². The Balaban J connectivity index is 2.37. The molecule has 3 unspecified atom stereocenters. The highest BCUT2D eigenvalue weighted by atomic mass is 16.4. The highest BCUT2D eigenvalue weighted by Crippen LogP contribution is 2.58. The smallest absolute Gasteiger partial charge is 0.311 e. The number of unbranched alkanes of at least 4 members (excludes halogenated alkanes) is 13. The van der Waals surface area contributed by atoms with Gasteiger partial charge in [-0.15, -0.1) is 0 Å². The number of hydrogen-bond acceptors (Lipinski definition) is 2. The van der Waals surface area contributed by atoms with E-state index in [1.54, 1.807) is 0 Å². The van der Waals surface area contributed by atoms with Crippen molar-refractivity contribution in [1.29, 1.82) is 0 Å². The maximum Gasteiger partial charge on any atom is 0.311 e. The van der Waals surface area contributed by atoms with E-state index >= 15 is 0 Å². The Hall–Kier alpha value is -1.06. The molecule has 0 spiro atoms. The molecule has 188 valence electrons. The van der Waals surface area contributed by atoms with Gasteiger partial charge in [0, 0.05) is 0 Å². The largest absolute Gasteiger partial charge is 0.481 e. The highest BCUT2D eigenvalue weighted by Gasteiger charge is 2.63. The quantitative estimate of drug-likeness (QED) is 0.192. The van der Waals surface area contributed by atoms with E-state index in [1.165, 1.54) is 70.6 Å². The van der Waals surface area contributed by atoms with Crippen molar-refractivity contribution in [2.75, 3.05) is 0 Å². The monoisotopic (exact) mass is 452 g/mol. The lowest BCUT2D eigenvalue weighted by Gasteiger charge is -2.51. The molecule has 3 atom stereocenters. The van der Waals surface area contributed by atoms with Gasteiger partial charge in [0.1, 0.15) is 0 Å². The van der Waals surface area contributed by atoms with Gasteiger partial charge in [0.2, 0.25) is 0 Å². The van der Waals surface area contributed by atoms with Crippen molar-refractivity contribution in [3.8, 4) is 0 Å². The molecule has 1 aliphatic carbocycles. The lowest BCUT2D eigenvalue weighted by atomic mass is 9.49. The molecule has 1 fully saturated rings. The second kappa shape index (κ2) is 15.7. The minimum absolute atomic E-state index is 0.122. The van der Waals surface area contributed by atoms with Gasteiger partial charge in [-0.2, -0.15) is 0 Å². The summed E-state index contributed by atoms with van der Waals surface area (Å²) in [6.45, 7) is 6.20. The van der Waals surface area contributed by atoms with Crippen LogP contribution in [0.5, 0.6) is 0 Å². The van der Waals surface area contributed by atoms with Crippen LogP contribution < -0.4 is 0 Å². The Labute approximate surface area is 197 Å². The molecule has 4 heteroatoms. The second-order valence-electron chi connectivity index (χ2n) is 10.5. The minimum atomic E-state index is -1.12. The number of aliphatic carboxylic acids is 2. The van der Waals surface area contributed by atoms with E-state index < -0.39 is 22.8 Å². The van der Waals surface area contributed by atoms with E-state index in [2.05, 4.69) is 6.92 Å². The number of carboxylic acid groups (broad SMARTS) is 2. The fourth-order valence-corrected chi connectivity index (χ4v) is 6.26. The summed E-state index contributed by atoms with van der Waals surface area (Å²) in [5.74, 6) is -1.89. The first-order valence-corrected chi connectivity index (χ1v) is 13.9. The van der Waals surface area contributed by atoms with Gasteiger partial charge in [0.25, 0.3) is 0 Å². The van der Waals surface area contributed by atoms with Gasteiger partial charge in [-0.25, -0.2) is 0 Å². The molecule has 0 amide bonds. The van der Waals surface area contributed by atoms with Gasteiger partial charge in [-0.3, -0.25) is 9.59 Å². The van der Waals surface area contributed by atoms with Gasteiger partial charge in [-0.05, 0) is 25.2 Å². The lowest BCUT2D eigenvalue weighted by molar-refractivity contribution is -0.188. The average Bonchev–Trinajstić information content (AvgIpc) is 2.78. The van der Waals surface area contributed by atoms with E-state index in [1.807, 2.05) is 13.8 Å². The normalized spacial score (nSPS) is 24.3. The third-order valence-corrected chi connectivity index (χ3v) is 8.48. The molecule has 0 aromatic heterocycles. The molecule has 0 saturated heterocycles. The summed E-state index contributed by atoms with van der Waals surface area (Å²) < 4.78 is 0. The van der Waals surface area contributed by atoms with Crippen LogP contribution >= 0.6 is 0 Å². The topological polar surface area (TPSA) is 74.6 Å². The number of carboxylic acids is 2. The Bertz CT molecular complexity index is 532. The SMILES string of the molecule is CCCCCCCCCCCCCCCCC1(C(=O)O)CCCCC1(C(=O)O)C(C)CC. The lowest BCUT2D eigenvalue weighted by Crippen LogP contribution is -2.57. The van der Waals surface area contributed by atoms with Crippen LogP contribution in [-0.4, -0.2) is 22.2 Å². The fourth-order valence-electron chi connectivity index (χ4n) is 6.26. The predicted molar refractivity (Wildman–Crippen MR) is 133 cm³/mol. The van der Waals surface area contributed by atoms with Crippen LogP contribution in [0, 0.1) is 16.7 Å². The second-order valence-corrected chi connectivity index (χ2v) is 10.5. The first-order valence-electron chi connectivity index (χ1n) is 13.9. The van der Waals surface area contributed by atoms with Crippen LogP contribution in [0.2, 0.25) is 0 Å². The average molecular weight is 453 g/mol. The molecule has 1 aliphatic rings. The molecule has 0 aliphatic heterocycles. The molecule has 1 rings (SSSR count). The van der Waals surface area contributed by atoms with E-state index in [0.29, 0.717) is 25.7 Å². The summed E-state index contributed by atoms with van der Waals surface area (Å²) in [5.41, 5.74) is -2.23. The Morgan fingerprint density at radius 2 is 1.12 bits per heavy atom. The summed E-state index contributed by atoms with van der Waals surface area (Å²) in [6.07, 6.45) is 21.6. The van der Waals surface area contributed by atoms with E-state index in [-0.39, 0.29) is 5.92 Å². The summed E-state index contributed by atoms with van der Waals surface area (Å²) in [4.78, 5) is 25.0. The van der Waals surface area contributed by atoms with Crippen molar-refractivity contribution in [1.82, 2.24) is 0 Å². The van der Waals surface area contributed by atoms with E-state index in [9.17, 15) is 19.8 Å². The Morgan fingerprint density at radius 3 is 1.53 bits per heavy atom. The van der Waals surface area contributed by atoms with Crippen LogP contribution in [0.25, 0.3) is 0 Å². The number of rotatable bonds is 19. The van der Waals surface area contributed by atoms with Crippen molar-refractivity contribution in [2.45, 2.75) is 149 Å². The zero-order valence-corrected chi connectivity index (χ0v) is 21.4. The standard InChI is InChI=1S/C28H52O4/c1-4-6-7-8-9-10-11-12-13-14-15-16-17-18-21-27(25(29)30)22-19-20-23-28(27,26(31)32)24(3)5-2/h24H,4-23H2,1-3H3,(H,29,30)(H,31,32). The number of carbonyl (C=O) groups is 2. The van der Waals surface area contributed by atoms with Crippen molar-refractivity contribution >= 4 is 11.9 Å². The van der Waals surface area contributed by atoms with Crippen LogP contribution in [-0.2, 0) is 9.59 Å². The summed E-state index contributed by atoms with van der Waals surface area (Å²) in [6, 6.07) is 0. The fraction of sp³-hybridized carbons (Fsp3) is 0.929. The number of hydrogen-bond donors (Lipinski definition) is 2. The van der Waals surface area contributed by atoms with Gasteiger partial charge < -0.3 is 10.2 Å².